The standard InChI is InChI=1S/C16H21N2O.C6H11.Fe/c1-13-6-5-7-14(13)10-17-18(11-16-12-19-16)15-8-3-2-4-9-15;1-6-4-2-3-5-6;/h2-4,8-10,14,16H,5-7,11-12H2,1H3;2-5H2,1H3;/q2*-1;+2/b17-10+;;. The van der Waals surface area contributed by atoms with Gasteiger partial charge in [0.2, 0.25) is 0 Å². The summed E-state index contributed by atoms with van der Waals surface area (Å²) in [6.07, 6.45) is 12.0. The van der Waals surface area contributed by atoms with Gasteiger partial charge < -0.3 is 16.6 Å². The van der Waals surface area contributed by atoms with Crippen LogP contribution in [0.25, 0.3) is 0 Å². The molecule has 1 saturated heterocycles. The number of ether oxygens (including phenoxy) is 1. The molecular weight excluding hydrogens is 364 g/mol. The van der Waals surface area contributed by atoms with E-state index in [9.17, 15) is 0 Å². The number of benzene rings is 1. The smallest absolute Gasteiger partial charge is 0.371 e. The number of hydrazone groups is 1. The molecule has 0 spiro atoms. The van der Waals surface area contributed by atoms with Gasteiger partial charge in [0.25, 0.3) is 0 Å². The summed E-state index contributed by atoms with van der Waals surface area (Å²) in [5.74, 6) is 3.83. The maximum atomic E-state index is 5.33. The fourth-order valence-electron chi connectivity index (χ4n) is 3.56. The molecule has 1 aromatic rings. The first-order valence-corrected chi connectivity index (χ1v) is 9.84. The number of hydrogen-bond acceptors (Lipinski definition) is 3. The minimum absolute atomic E-state index is 0. The van der Waals surface area contributed by atoms with Crippen LogP contribution in [0.15, 0.2) is 35.4 Å². The molecule has 0 amide bonds. The van der Waals surface area contributed by atoms with E-state index in [1.54, 1.807) is 11.8 Å². The van der Waals surface area contributed by atoms with Gasteiger partial charge in [-0.3, -0.25) is 5.01 Å². The van der Waals surface area contributed by atoms with E-state index in [1.165, 1.54) is 44.9 Å². The van der Waals surface area contributed by atoms with Gasteiger partial charge in [0, 0.05) is 0 Å². The molecule has 1 aromatic carbocycles. The van der Waals surface area contributed by atoms with Crippen LogP contribution in [0.4, 0.5) is 5.69 Å². The van der Waals surface area contributed by atoms with Crippen molar-refractivity contribution in [1.82, 2.24) is 0 Å². The third-order valence-corrected chi connectivity index (χ3v) is 5.40. The Hall–Kier alpha value is -0.831. The number of para-hydroxylation sites is 1. The van der Waals surface area contributed by atoms with Crippen molar-refractivity contribution in [1.29, 1.82) is 0 Å². The molecule has 2 saturated carbocycles. The number of nitrogens with zero attached hydrogens (tertiary/aromatic N) is 2. The van der Waals surface area contributed by atoms with Gasteiger partial charge in [-0.2, -0.15) is 38.2 Å². The molecular formula is C22H32FeN2O. The van der Waals surface area contributed by atoms with Crippen molar-refractivity contribution in [2.45, 2.75) is 64.9 Å². The van der Waals surface area contributed by atoms with Crippen molar-refractivity contribution in [2.75, 3.05) is 18.2 Å². The molecule has 2 aliphatic carbocycles. The number of epoxide rings is 1. The van der Waals surface area contributed by atoms with Gasteiger partial charge in [-0.1, -0.05) is 43.9 Å². The molecule has 0 radical (unpaired) electrons. The molecule has 144 valence electrons. The fraction of sp³-hybridized carbons (Fsp3) is 0.591. The summed E-state index contributed by atoms with van der Waals surface area (Å²) in [6, 6.07) is 10.3. The topological polar surface area (TPSA) is 28.1 Å². The number of anilines is 1. The van der Waals surface area contributed by atoms with Crippen molar-refractivity contribution in [3.63, 3.8) is 0 Å². The van der Waals surface area contributed by atoms with Crippen LogP contribution in [-0.4, -0.2) is 25.5 Å². The van der Waals surface area contributed by atoms with Crippen molar-refractivity contribution in [3.05, 3.63) is 42.2 Å². The summed E-state index contributed by atoms with van der Waals surface area (Å²) in [5, 5.41) is 6.79. The van der Waals surface area contributed by atoms with Gasteiger partial charge in [0.05, 0.1) is 18.8 Å². The molecule has 0 aromatic heterocycles. The SMILES string of the molecule is C[C-]1CCCC1.C[C-]1CCCC1/C=N/N(CC1CO1)c1ccccc1.[Fe+2]. The van der Waals surface area contributed by atoms with E-state index in [2.05, 4.69) is 49.3 Å². The molecule has 1 heterocycles. The van der Waals surface area contributed by atoms with E-state index >= 15 is 0 Å². The molecule has 0 N–H and O–H groups in total. The maximum absolute atomic E-state index is 5.33. The van der Waals surface area contributed by atoms with Gasteiger partial charge in [-0.25, -0.2) is 0 Å². The molecule has 3 aliphatic rings. The Morgan fingerprint density at radius 2 is 1.81 bits per heavy atom. The zero-order valence-electron chi connectivity index (χ0n) is 16.1. The normalized spacial score (nSPS) is 25.6. The van der Waals surface area contributed by atoms with E-state index < -0.39 is 0 Å². The third kappa shape index (κ3) is 7.06. The Morgan fingerprint density at radius 3 is 2.31 bits per heavy atom. The minimum atomic E-state index is 0. The second-order valence-corrected chi connectivity index (χ2v) is 7.65. The van der Waals surface area contributed by atoms with Gasteiger partial charge in [0.1, 0.15) is 6.10 Å². The van der Waals surface area contributed by atoms with E-state index in [4.69, 9.17) is 9.84 Å². The molecule has 26 heavy (non-hydrogen) atoms. The van der Waals surface area contributed by atoms with Crippen LogP contribution < -0.4 is 5.01 Å². The quantitative estimate of drug-likeness (QED) is 0.218. The van der Waals surface area contributed by atoms with Crippen molar-refractivity contribution >= 4 is 11.9 Å². The van der Waals surface area contributed by atoms with Gasteiger partial charge in [0.15, 0.2) is 0 Å². The summed E-state index contributed by atoms with van der Waals surface area (Å²) in [6.45, 7) is 6.23. The number of hydrogen-bond donors (Lipinski definition) is 0. The van der Waals surface area contributed by atoms with Crippen LogP contribution in [0.3, 0.4) is 0 Å². The van der Waals surface area contributed by atoms with E-state index in [1.807, 2.05) is 6.07 Å². The zero-order valence-corrected chi connectivity index (χ0v) is 17.2. The van der Waals surface area contributed by atoms with Crippen LogP contribution in [0.2, 0.25) is 0 Å². The maximum Gasteiger partial charge on any atom is 2.00 e. The molecule has 4 heteroatoms. The molecule has 3 nitrogen and oxygen atoms in total. The first kappa shape index (κ1) is 21.5. The minimum Gasteiger partial charge on any atom is -0.371 e. The first-order valence-electron chi connectivity index (χ1n) is 9.84. The van der Waals surface area contributed by atoms with Crippen LogP contribution in [0.1, 0.15) is 58.8 Å². The average Bonchev–Trinajstić information content (AvgIpc) is 3.16. The molecule has 4 rings (SSSR count). The summed E-state index contributed by atoms with van der Waals surface area (Å²) >= 11 is 0. The molecule has 2 atom stereocenters. The van der Waals surface area contributed by atoms with Gasteiger partial charge in [-0.15, -0.1) is 5.92 Å². The predicted octanol–water partition coefficient (Wildman–Crippen LogP) is 5.42. The van der Waals surface area contributed by atoms with E-state index in [-0.39, 0.29) is 17.1 Å². The van der Waals surface area contributed by atoms with E-state index in [0.717, 1.165) is 18.8 Å². The average molecular weight is 396 g/mol. The van der Waals surface area contributed by atoms with Crippen LogP contribution >= 0.6 is 0 Å². The molecule has 1 aliphatic heterocycles. The monoisotopic (exact) mass is 396 g/mol. The van der Waals surface area contributed by atoms with Gasteiger partial charge >= 0.3 is 17.1 Å². The van der Waals surface area contributed by atoms with Crippen molar-refractivity contribution < 1.29 is 21.8 Å². The summed E-state index contributed by atoms with van der Waals surface area (Å²) in [7, 11) is 0. The molecule has 2 unspecified atom stereocenters. The van der Waals surface area contributed by atoms with Crippen molar-refractivity contribution in [2.24, 2.45) is 11.0 Å². The van der Waals surface area contributed by atoms with E-state index in [0.29, 0.717) is 12.0 Å². The largest absolute Gasteiger partial charge is 2.00 e. The van der Waals surface area contributed by atoms with Crippen LogP contribution in [0.5, 0.6) is 0 Å². The second-order valence-electron chi connectivity index (χ2n) is 7.65. The van der Waals surface area contributed by atoms with Crippen LogP contribution in [0, 0.1) is 17.8 Å². The summed E-state index contributed by atoms with van der Waals surface area (Å²) < 4.78 is 5.33. The molecule has 3 fully saturated rings. The van der Waals surface area contributed by atoms with Crippen LogP contribution in [-0.2, 0) is 21.8 Å². The Morgan fingerprint density at radius 1 is 1.12 bits per heavy atom. The predicted molar refractivity (Wildman–Crippen MR) is 106 cm³/mol. The Kier molecular flexibility index (Phi) is 9.18. The fourth-order valence-corrected chi connectivity index (χ4v) is 3.56. The second kappa shape index (κ2) is 11.1. The summed E-state index contributed by atoms with van der Waals surface area (Å²) in [4.78, 5) is 0. The Balaban J connectivity index is 0.000000297. The van der Waals surface area contributed by atoms with Crippen molar-refractivity contribution in [3.8, 4) is 0 Å². The first-order chi connectivity index (χ1) is 12.2. The Bertz CT molecular complexity index is 526. The Labute approximate surface area is 170 Å². The molecule has 0 bridgehead atoms. The zero-order chi connectivity index (χ0) is 17.5. The third-order valence-electron chi connectivity index (χ3n) is 5.40. The van der Waals surface area contributed by atoms with Gasteiger partial charge in [-0.05, 0) is 18.3 Å². The summed E-state index contributed by atoms with van der Waals surface area (Å²) in [5.41, 5.74) is 1.14. The number of rotatable bonds is 5.